The number of hydrogen-bond donors (Lipinski definition) is 2. The molecule has 1 aliphatic heterocycles. The van der Waals surface area contributed by atoms with Crippen LogP contribution in [-0.4, -0.2) is 50.8 Å². The first kappa shape index (κ1) is 22.6. The van der Waals surface area contributed by atoms with E-state index in [1.165, 1.54) is 19.2 Å². The minimum Gasteiger partial charge on any atom is -0.492 e. The monoisotopic (exact) mass is 447 g/mol. The van der Waals surface area contributed by atoms with Crippen LogP contribution in [0.4, 0.5) is 11.4 Å². The minimum absolute atomic E-state index is 0.000356. The zero-order valence-corrected chi connectivity index (χ0v) is 18.6. The van der Waals surface area contributed by atoms with Crippen molar-refractivity contribution < 1.29 is 27.5 Å². The predicted octanol–water partition coefficient (Wildman–Crippen LogP) is 2.37. The van der Waals surface area contributed by atoms with Gasteiger partial charge in [0.25, 0.3) is 5.91 Å². The number of benzene rings is 2. The van der Waals surface area contributed by atoms with E-state index in [4.69, 9.17) is 9.47 Å². The summed E-state index contributed by atoms with van der Waals surface area (Å²) in [7, 11) is -2.67. The van der Waals surface area contributed by atoms with Crippen molar-refractivity contribution >= 4 is 33.2 Å². The highest BCUT2D eigenvalue weighted by Gasteiger charge is 2.30. The Hall–Kier alpha value is -3.11. The molecule has 1 heterocycles. The van der Waals surface area contributed by atoms with Crippen LogP contribution in [0.1, 0.15) is 19.4 Å². The number of likely N-dealkylation sites (N-methyl/N-ethyl adjacent to an activating group) is 1. The van der Waals surface area contributed by atoms with Crippen LogP contribution in [0.25, 0.3) is 0 Å². The van der Waals surface area contributed by atoms with Gasteiger partial charge >= 0.3 is 0 Å². The average molecular weight is 448 g/mol. The molecule has 9 nitrogen and oxygen atoms in total. The Kier molecular flexibility index (Phi) is 6.51. The van der Waals surface area contributed by atoms with Crippen molar-refractivity contribution in [1.29, 1.82) is 0 Å². The van der Waals surface area contributed by atoms with Crippen LogP contribution in [0.3, 0.4) is 0 Å². The highest BCUT2D eigenvalue weighted by Crippen LogP contribution is 2.35. The number of carbonyl (C=O) groups is 2. The topological polar surface area (TPSA) is 114 Å². The second-order valence-corrected chi connectivity index (χ2v) is 9.11. The van der Waals surface area contributed by atoms with Crippen LogP contribution in [0.5, 0.6) is 11.5 Å². The molecule has 0 radical (unpaired) electrons. The van der Waals surface area contributed by atoms with Gasteiger partial charge in [-0.3, -0.25) is 9.59 Å². The summed E-state index contributed by atoms with van der Waals surface area (Å²) in [6.07, 6.45) is -0.736. The van der Waals surface area contributed by atoms with Crippen molar-refractivity contribution in [3.63, 3.8) is 0 Å². The van der Waals surface area contributed by atoms with Crippen LogP contribution in [0, 0.1) is 6.92 Å². The van der Waals surface area contributed by atoms with Gasteiger partial charge in [-0.05, 0) is 44.5 Å². The number of sulfonamides is 1. The fourth-order valence-corrected chi connectivity index (χ4v) is 4.46. The normalized spacial score (nSPS) is 15.6. The summed E-state index contributed by atoms with van der Waals surface area (Å²) in [5.74, 6) is -0.0444. The molecular formula is C21H25N3O6S. The molecule has 3 rings (SSSR count). The van der Waals surface area contributed by atoms with Crippen LogP contribution < -0.4 is 20.1 Å². The van der Waals surface area contributed by atoms with E-state index in [0.717, 1.165) is 4.31 Å². The summed E-state index contributed by atoms with van der Waals surface area (Å²) in [6, 6.07) is 9.83. The zero-order chi connectivity index (χ0) is 22.8. The lowest BCUT2D eigenvalue weighted by molar-refractivity contribution is -0.122. The number of para-hydroxylation sites is 2. The molecule has 166 valence electrons. The molecule has 2 amide bonds. The van der Waals surface area contributed by atoms with Gasteiger partial charge < -0.3 is 20.1 Å². The maximum Gasteiger partial charge on any atom is 0.265 e. The molecule has 0 bridgehead atoms. The lowest BCUT2D eigenvalue weighted by atomic mass is 10.1. The Morgan fingerprint density at radius 3 is 2.71 bits per heavy atom. The standard InChI is InChI=1S/C21H25N3O6S/c1-5-29-17-9-7-6-8-15(17)22-20(25)12-24(4)31(27,28)19-11-18-16(10-13(19)2)23-21(26)14(3)30-18/h6-11,14H,5,12H2,1-4H3,(H,22,25)(H,23,26)/t14-/m1/s1. The fourth-order valence-electron chi connectivity index (χ4n) is 3.12. The predicted molar refractivity (Wildman–Crippen MR) is 116 cm³/mol. The van der Waals surface area contributed by atoms with Crippen LogP contribution in [-0.2, 0) is 19.6 Å². The molecule has 2 aromatic rings. The van der Waals surface area contributed by atoms with Crippen molar-refractivity contribution in [3.05, 3.63) is 42.0 Å². The van der Waals surface area contributed by atoms with Crippen molar-refractivity contribution in [3.8, 4) is 11.5 Å². The van der Waals surface area contributed by atoms with Gasteiger partial charge in [-0.1, -0.05) is 12.1 Å². The van der Waals surface area contributed by atoms with E-state index in [9.17, 15) is 18.0 Å². The SMILES string of the molecule is CCOc1ccccc1NC(=O)CN(C)S(=O)(=O)c1cc2c(cc1C)NC(=O)[C@@H](C)O2. The molecule has 0 fully saturated rings. The Bertz CT molecular complexity index is 1120. The number of amides is 2. The van der Waals surface area contributed by atoms with Gasteiger partial charge in [0.05, 0.1) is 29.4 Å². The molecule has 2 aromatic carbocycles. The highest BCUT2D eigenvalue weighted by atomic mass is 32.2. The van der Waals surface area contributed by atoms with Crippen molar-refractivity contribution in [2.75, 3.05) is 30.8 Å². The Morgan fingerprint density at radius 1 is 1.29 bits per heavy atom. The summed E-state index contributed by atoms with van der Waals surface area (Å²) in [6.45, 7) is 5.05. The summed E-state index contributed by atoms with van der Waals surface area (Å²) < 4.78 is 38.2. The van der Waals surface area contributed by atoms with Crippen molar-refractivity contribution in [2.45, 2.75) is 31.8 Å². The molecule has 2 N–H and O–H groups in total. The first-order valence-electron chi connectivity index (χ1n) is 9.73. The van der Waals surface area contributed by atoms with E-state index < -0.39 is 28.6 Å². The Morgan fingerprint density at radius 2 is 2.00 bits per heavy atom. The van der Waals surface area contributed by atoms with E-state index in [1.54, 1.807) is 38.1 Å². The number of nitrogens with one attached hydrogen (secondary N) is 2. The minimum atomic E-state index is -3.99. The summed E-state index contributed by atoms with van der Waals surface area (Å²) in [5, 5.41) is 5.37. The average Bonchev–Trinajstić information content (AvgIpc) is 2.70. The van der Waals surface area contributed by atoms with Crippen LogP contribution >= 0.6 is 0 Å². The highest BCUT2D eigenvalue weighted by molar-refractivity contribution is 7.89. The molecule has 0 spiro atoms. The lowest BCUT2D eigenvalue weighted by Gasteiger charge is -2.25. The number of aryl methyl sites for hydroxylation is 1. The molecule has 1 aliphatic rings. The number of rotatable bonds is 7. The molecule has 10 heteroatoms. The summed E-state index contributed by atoms with van der Waals surface area (Å²) >= 11 is 0. The zero-order valence-electron chi connectivity index (χ0n) is 17.8. The quantitative estimate of drug-likeness (QED) is 0.674. The number of ether oxygens (including phenoxy) is 2. The van der Waals surface area contributed by atoms with Crippen LogP contribution in [0.15, 0.2) is 41.3 Å². The Balaban J connectivity index is 1.79. The van der Waals surface area contributed by atoms with Crippen LogP contribution in [0.2, 0.25) is 0 Å². The third-order valence-electron chi connectivity index (χ3n) is 4.72. The third kappa shape index (κ3) is 4.80. The molecule has 0 aromatic heterocycles. The fraction of sp³-hybridized carbons (Fsp3) is 0.333. The van der Waals surface area contributed by atoms with Gasteiger partial charge in [0.1, 0.15) is 11.5 Å². The third-order valence-corrected chi connectivity index (χ3v) is 6.67. The molecule has 0 saturated carbocycles. The molecule has 0 aliphatic carbocycles. The molecule has 0 saturated heterocycles. The number of nitrogens with zero attached hydrogens (tertiary/aromatic N) is 1. The van der Waals surface area contributed by atoms with Gasteiger partial charge in [0.15, 0.2) is 6.10 Å². The van der Waals surface area contributed by atoms with E-state index in [-0.39, 0.29) is 16.6 Å². The molecule has 1 atom stereocenters. The van der Waals surface area contributed by atoms with Gasteiger partial charge in [-0.2, -0.15) is 4.31 Å². The van der Waals surface area contributed by atoms with E-state index in [0.29, 0.717) is 29.3 Å². The number of hydrogen-bond acceptors (Lipinski definition) is 6. The molecule has 0 unspecified atom stereocenters. The van der Waals surface area contributed by atoms with Gasteiger partial charge in [-0.25, -0.2) is 8.42 Å². The van der Waals surface area contributed by atoms with Crippen molar-refractivity contribution in [1.82, 2.24) is 4.31 Å². The first-order chi connectivity index (χ1) is 14.6. The summed E-state index contributed by atoms with van der Waals surface area (Å²) in [5.41, 5.74) is 1.29. The van der Waals surface area contributed by atoms with E-state index in [1.807, 2.05) is 6.92 Å². The van der Waals surface area contributed by atoms with E-state index in [2.05, 4.69) is 10.6 Å². The number of anilines is 2. The van der Waals surface area contributed by atoms with Crippen molar-refractivity contribution in [2.24, 2.45) is 0 Å². The number of carbonyl (C=O) groups excluding carboxylic acids is 2. The smallest absolute Gasteiger partial charge is 0.265 e. The largest absolute Gasteiger partial charge is 0.492 e. The first-order valence-corrected chi connectivity index (χ1v) is 11.2. The Labute approximate surface area is 181 Å². The van der Waals surface area contributed by atoms with Gasteiger partial charge in [0.2, 0.25) is 15.9 Å². The second-order valence-electron chi connectivity index (χ2n) is 7.10. The maximum absolute atomic E-state index is 13.1. The van der Waals surface area contributed by atoms with Gasteiger partial charge in [0, 0.05) is 13.1 Å². The van der Waals surface area contributed by atoms with E-state index >= 15 is 0 Å². The lowest BCUT2D eigenvalue weighted by Crippen LogP contribution is -2.36. The molecular weight excluding hydrogens is 422 g/mol. The molecule has 31 heavy (non-hydrogen) atoms. The second kappa shape index (κ2) is 8.94. The number of fused-ring (bicyclic) bond motifs is 1. The maximum atomic E-state index is 13.1. The summed E-state index contributed by atoms with van der Waals surface area (Å²) in [4.78, 5) is 24.3. The van der Waals surface area contributed by atoms with Gasteiger partial charge in [-0.15, -0.1) is 0 Å².